The van der Waals surface area contributed by atoms with Gasteiger partial charge in [-0.05, 0) is 6.92 Å². The quantitative estimate of drug-likeness (QED) is 0.599. The molecule has 1 rings (SSSR count). The molecule has 0 bridgehead atoms. The van der Waals surface area contributed by atoms with Crippen molar-refractivity contribution in [1.29, 1.82) is 0 Å². The molecule has 1 amide bonds. The molecule has 1 aromatic rings. The van der Waals surface area contributed by atoms with Gasteiger partial charge in [-0.15, -0.1) is 0 Å². The first-order valence-corrected chi connectivity index (χ1v) is 5.00. The number of carbonyl (C=O) groups is 2. The molecule has 0 saturated carbocycles. The number of likely N-dealkylation sites (N-methyl/N-ethyl adjacent to an activating group) is 1. The predicted molar refractivity (Wildman–Crippen MR) is 57.8 cm³/mol. The highest BCUT2D eigenvalue weighted by atomic mass is 16.4. The Morgan fingerprint density at radius 3 is 2.71 bits per heavy atom. The van der Waals surface area contributed by atoms with E-state index in [1.807, 2.05) is 0 Å². The summed E-state index contributed by atoms with van der Waals surface area (Å²) in [6, 6.07) is -1.04. The maximum Gasteiger partial charge on any atom is 0.305 e. The minimum absolute atomic E-state index is 0.191. The van der Waals surface area contributed by atoms with Crippen LogP contribution >= 0.6 is 0 Å². The standard InChI is InChI=1S/C9H15N5O3/c1-5-11-7(13-12-5)4-14(2)9(17)6(10)3-8(15)16/h6H,3-4,10H2,1-2H3,(H,15,16)(H,11,12,13). The summed E-state index contributed by atoms with van der Waals surface area (Å²) >= 11 is 0. The van der Waals surface area contributed by atoms with E-state index in [0.29, 0.717) is 11.6 Å². The molecule has 0 radical (unpaired) electrons. The summed E-state index contributed by atoms with van der Waals surface area (Å²) in [5, 5.41) is 15.0. The van der Waals surface area contributed by atoms with E-state index in [1.165, 1.54) is 11.9 Å². The number of hydrogen-bond donors (Lipinski definition) is 3. The van der Waals surface area contributed by atoms with Gasteiger partial charge in [0.15, 0.2) is 5.82 Å². The Morgan fingerprint density at radius 2 is 2.24 bits per heavy atom. The molecule has 0 spiro atoms. The molecule has 1 atom stereocenters. The monoisotopic (exact) mass is 241 g/mol. The Labute approximate surface area is 97.8 Å². The minimum Gasteiger partial charge on any atom is -0.481 e. The second-order valence-corrected chi connectivity index (χ2v) is 3.74. The summed E-state index contributed by atoms with van der Waals surface area (Å²) in [5.41, 5.74) is 5.46. The van der Waals surface area contributed by atoms with Gasteiger partial charge in [-0.1, -0.05) is 0 Å². The number of aryl methyl sites for hydroxylation is 1. The van der Waals surface area contributed by atoms with Gasteiger partial charge in [-0.25, -0.2) is 4.98 Å². The Hall–Kier alpha value is -1.96. The van der Waals surface area contributed by atoms with Crippen molar-refractivity contribution in [3.05, 3.63) is 11.6 Å². The molecule has 0 aromatic carbocycles. The fourth-order valence-corrected chi connectivity index (χ4v) is 1.31. The number of nitrogens with one attached hydrogen (secondary N) is 1. The Balaban J connectivity index is 2.55. The summed E-state index contributed by atoms with van der Waals surface area (Å²) in [6.07, 6.45) is -0.393. The highest BCUT2D eigenvalue weighted by Crippen LogP contribution is 2.00. The number of aliphatic carboxylic acids is 1. The van der Waals surface area contributed by atoms with Crippen molar-refractivity contribution in [2.24, 2.45) is 5.73 Å². The lowest BCUT2D eigenvalue weighted by molar-refractivity contribution is -0.141. The lowest BCUT2D eigenvalue weighted by Crippen LogP contribution is -2.42. The zero-order valence-electron chi connectivity index (χ0n) is 9.67. The zero-order valence-corrected chi connectivity index (χ0v) is 9.67. The number of aromatic amines is 1. The van der Waals surface area contributed by atoms with Gasteiger partial charge in [-0.2, -0.15) is 5.10 Å². The maximum absolute atomic E-state index is 11.7. The average molecular weight is 241 g/mol. The molecule has 4 N–H and O–H groups in total. The van der Waals surface area contributed by atoms with Crippen LogP contribution in [-0.4, -0.2) is 50.2 Å². The number of carboxylic acid groups (broad SMARTS) is 1. The molecular weight excluding hydrogens is 226 g/mol. The maximum atomic E-state index is 11.7. The largest absolute Gasteiger partial charge is 0.481 e. The number of nitrogens with two attached hydrogens (primary N) is 1. The molecule has 1 heterocycles. The third-order valence-electron chi connectivity index (χ3n) is 2.11. The Bertz CT molecular complexity index is 417. The summed E-state index contributed by atoms with van der Waals surface area (Å²) in [7, 11) is 1.52. The van der Waals surface area contributed by atoms with Gasteiger partial charge < -0.3 is 15.7 Å². The van der Waals surface area contributed by atoms with E-state index in [4.69, 9.17) is 10.8 Å². The minimum atomic E-state index is -1.10. The molecule has 1 aromatic heterocycles. The Kier molecular flexibility index (Phi) is 4.16. The van der Waals surface area contributed by atoms with E-state index in [2.05, 4.69) is 15.2 Å². The van der Waals surface area contributed by atoms with Crippen LogP contribution in [0.1, 0.15) is 18.1 Å². The van der Waals surface area contributed by atoms with Crippen LogP contribution < -0.4 is 5.73 Å². The average Bonchev–Trinajstić information content (AvgIpc) is 2.61. The van der Waals surface area contributed by atoms with Crippen molar-refractivity contribution in [3.63, 3.8) is 0 Å². The number of rotatable bonds is 5. The van der Waals surface area contributed by atoms with Crippen molar-refractivity contribution >= 4 is 11.9 Å². The summed E-state index contributed by atoms with van der Waals surface area (Å²) in [5.74, 6) is -0.445. The topological polar surface area (TPSA) is 125 Å². The number of carbonyl (C=O) groups excluding carboxylic acids is 1. The Morgan fingerprint density at radius 1 is 1.59 bits per heavy atom. The molecule has 0 aliphatic heterocycles. The van der Waals surface area contributed by atoms with E-state index in [0.717, 1.165) is 0 Å². The van der Waals surface area contributed by atoms with E-state index in [9.17, 15) is 9.59 Å². The normalized spacial score (nSPS) is 12.2. The van der Waals surface area contributed by atoms with Crippen molar-refractivity contribution in [3.8, 4) is 0 Å². The number of hydrogen-bond acceptors (Lipinski definition) is 5. The van der Waals surface area contributed by atoms with Gasteiger partial charge in [0, 0.05) is 7.05 Å². The van der Waals surface area contributed by atoms with Gasteiger partial charge >= 0.3 is 5.97 Å². The third kappa shape index (κ3) is 3.83. The van der Waals surface area contributed by atoms with Gasteiger partial charge in [0.25, 0.3) is 0 Å². The van der Waals surface area contributed by atoms with Crippen LogP contribution in [0.4, 0.5) is 0 Å². The smallest absolute Gasteiger partial charge is 0.305 e. The van der Waals surface area contributed by atoms with Crippen molar-refractivity contribution in [2.75, 3.05) is 7.05 Å². The van der Waals surface area contributed by atoms with E-state index < -0.39 is 24.3 Å². The first kappa shape index (κ1) is 13.1. The first-order chi connectivity index (χ1) is 7.90. The van der Waals surface area contributed by atoms with Crippen LogP contribution in [-0.2, 0) is 16.1 Å². The van der Waals surface area contributed by atoms with Crippen LogP contribution in [0.5, 0.6) is 0 Å². The molecule has 1 unspecified atom stereocenters. The highest BCUT2D eigenvalue weighted by molar-refractivity contribution is 5.85. The second-order valence-electron chi connectivity index (χ2n) is 3.74. The molecule has 94 valence electrons. The molecule has 0 aliphatic carbocycles. The number of aromatic nitrogens is 3. The fourth-order valence-electron chi connectivity index (χ4n) is 1.31. The summed E-state index contributed by atoms with van der Waals surface area (Å²) < 4.78 is 0. The number of carboxylic acids is 1. The number of nitrogens with zero attached hydrogens (tertiary/aromatic N) is 3. The van der Waals surface area contributed by atoms with Gasteiger partial charge in [0.05, 0.1) is 19.0 Å². The predicted octanol–water partition coefficient (Wildman–Crippen LogP) is -1.13. The highest BCUT2D eigenvalue weighted by Gasteiger charge is 2.21. The van der Waals surface area contributed by atoms with Crippen LogP contribution in [0.2, 0.25) is 0 Å². The van der Waals surface area contributed by atoms with Gasteiger partial charge in [0.1, 0.15) is 5.82 Å². The molecule has 0 saturated heterocycles. The van der Waals surface area contributed by atoms with E-state index in [1.54, 1.807) is 6.92 Å². The summed E-state index contributed by atoms with van der Waals surface area (Å²) in [4.78, 5) is 27.4. The number of amides is 1. The van der Waals surface area contributed by atoms with Crippen molar-refractivity contribution in [2.45, 2.75) is 25.9 Å². The molecule has 0 aliphatic rings. The van der Waals surface area contributed by atoms with Crippen molar-refractivity contribution < 1.29 is 14.7 Å². The molecule has 0 fully saturated rings. The first-order valence-electron chi connectivity index (χ1n) is 5.00. The van der Waals surface area contributed by atoms with Gasteiger partial charge in [-0.3, -0.25) is 14.7 Å². The summed E-state index contributed by atoms with van der Waals surface area (Å²) in [6.45, 7) is 1.94. The third-order valence-corrected chi connectivity index (χ3v) is 2.11. The lowest BCUT2D eigenvalue weighted by Gasteiger charge is -2.18. The van der Waals surface area contributed by atoms with Crippen LogP contribution in [0.25, 0.3) is 0 Å². The lowest BCUT2D eigenvalue weighted by atomic mass is 10.2. The fraction of sp³-hybridized carbons (Fsp3) is 0.556. The van der Waals surface area contributed by atoms with E-state index >= 15 is 0 Å². The van der Waals surface area contributed by atoms with Crippen molar-refractivity contribution in [1.82, 2.24) is 20.1 Å². The molecule has 8 nitrogen and oxygen atoms in total. The van der Waals surface area contributed by atoms with Crippen LogP contribution in [0.15, 0.2) is 0 Å². The van der Waals surface area contributed by atoms with Gasteiger partial charge in [0.2, 0.25) is 5.91 Å². The zero-order chi connectivity index (χ0) is 13.0. The van der Waals surface area contributed by atoms with Crippen LogP contribution in [0, 0.1) is 6.92 Å². The second kappa shape index (κ2) is 5.39. The molecule has 17 heavy (non-hydrogen) atoms. The number of H-pyrrole nitrogens is 1. The SMILES string of the molecule is Cc1nc(CN(C)C(=O)C(N)CC(=O)O)n[nH]1. The van der Waals surface area contributed by atoms with E-state index in [-0.39, 0.29) is 6.54 Å². The van der Waals surface area contributed by atoms with Crippen LogP contribution in [0.3, 0.4) is 0 Å². The molecule has 8 heteroatoms. The molecular formula is C9H15N5O3.